The Morgan fingerprint density at radius 3 is 2.70 bits per heavy atom. The minimum atomic E-state index is 0.0725. The summed E-state index contributed by atoms with van der Waals surface area (Å²) in [5.41, 5.74) is 7.20. The Labute approximate surface area is 119 Å². The van der Waals surface area contributed by atoms with Crippen LogP contribution in [0.15, 0.2) is 23.5 Å². The third-order valence-electron chi connectivity index (χ3n) is 4.39. The molecule has 2 fully saturated rings. The molecular weight excluding hydrogens is 252 g/mol. The van der Waals surface area contributed by atoms with Crippen molar-refractivity contribution in [3.63, 3.8) is 0 Å². The van der Waals surface area contributed by atoms with Gasteiger partial charge in [-0.2, -0.15) is 0 Å². The van der Waals surface area contributed by atoms with Crippen molar-refractivity contribution in [2.75, 3.05) is 6.54 Å². The first kappa shape index (κ1) is 13.4. The molecule has 0 spiro atoms. The largest absolute Gasteiger partial charge is 0.409 e. The molecule has 0 aliphatic heterocycles. The van der Waals surface area contributed by atoms with E-state index in [9.17, 15) is 0 Å². The fraction of sp³-hybridized carbons (Fsp3) is 0.600. The minimum Gasteiger partial charge on any atom is -0.409 e. The molecule has 5 nitrogen and oxygen atoms in total. The molecule has 0 radical (unpaired) electrons. The first-order chi connectivity index (χ1) is 9.79. The van der Waals surface area contributed by atoms with Crippen LogP contribution in [0.2, 0.25) is 0 Å². The Morgan fingerprint density at radius 2 is 2.10 bits per heavy atom. The maximum atomic E-state index is 8.79. The molecule has 108 valence electrons. The third kappa shape index (κ3) is 3.10. The fourth-order valence-electron chi connectivity index (χ4n) is 3.00. The second-order valence-electron chi connectivity index (χ2n) is 5.97. The lowest BCUT2D eigenvalue weighted by Crippen LogP contribution is -2.27. The number of oxime groups is 1. The maximum absolute atomic E-state index is 8.79. The number of nitrogens with zero attached hydrogens (tertiary/aromatic N) is 2. The highest BCUT2D eigenvalue weighted by atomic mass is 16.4. The van der Waals surface area contributed by atoms with Crippen molar-refractivity contribution in [1.29, 1.82) is 0 Å². The molecule has 2 aliphatic carbocycles. The lowest BCUT2D eigenvalue weighted by Gasteiger charge is -2.16. The van der Waals surface area contributed by atoms with Gasteiger partial charge >= 0.3 is 0 Å². The van der Waals surface area contributed by atoms with Gasteiger partial charge in [0.25, 0.3) is 0 Å². The highest BCUT2D eigenvalue weighted by molar-refractivity contribution is 5.96. The number of pyridine rings is 1. The van der Waals surface area contributed by atoms with Crippen molar-refractivity contribution in [3.8, 4) is 0 Å². The van der Waals surface area contributed by atoms with Crippen LogP contribution in [-0.2, 0) is 6.54 Å². The summed E-state index contributed by atoms with van der Waals surface area (Å²) in [6.45, 7) is 1.79. The Hall–Kier alpha value is -1.62. The molecule has 3 rings (SSSR count). The van der Waals surface area contributed by atoms with E-state index in [0.717, 1.165) is 36.4 Å². The molecule has 0 saturated heterocycles. The van der Waals surface area contributed by atoms with Crippen LogP contribution in [0.3, 0.4) is 0 Å². The van der Waals surface area contributed by atoms with Gasteiger partial charge in [0.15, 0.2) is 5.84 Å². The monoisotopic (exact) mass is 274 g/mol. The number of aromatic nitrogens is 1. The smallest absolute Gasteiger partial charge is 0.189 e. The van der Waals surface area contributed by atoms with Crippen LogP contribution in [0.1, 0.15) is 36.9 Å². The summed E-state index contributed by atoms with van der Waals surface area (Å²) in [5.74, 6) is 2.82. The lowest BCUT2D eigenvalue weighted by molar-refractivity contribution is 0.318. The van der Waals surface area contributed by atoms with E-state index in [4.69, 9.17) is 10.9 Å². The predicted octanol–water partition coefficient (Wildman–Crippen LogP) is 1.70. The second-order valence-corrected chi connectivity index (χ2v) is 5.97. The zero-order valence-corrected chi connectivity index (χ0v) is 11.6. The maximum Gasteiger partial charge on any atom is 0.189 e. The van der Waals surface area contributed by atoms with Gasteiger partial charge in [-0.25, -0.2) is 0 Å². The molecule has 0 unspecified atom stereocenters. The summed E-state index contributed by atoms with van der Waals surface area (Å²) in [6.07, 6.45) is 7.29. The van der Waals surface area contributed by atoms with E-state index in [-0.39, 0.29) is 5.84 Å². The molecule has 1 heterocycles. The Balaban J connectivity index is 1.57. The lowest BCUT2D eigenvalue weighted by atomic mass is 9.98. The third-order valence-corrected chi connectivity index (χ3v) is 4.39. The molecule has 1 aromatic rings. The van der Waals surface area contributed by atoms with Crippen LogP contribution >= 0.6 is 0 Å². The molecule has 20 heavy (non-hydrogen) atoms. The molecule has 1 aromatic heterocycles. The molecule has 0 amide bonds. The number of amidine groups is 1. The van der Waals surface area contributed by atoms with Gasteiger partial charge in [-0.1, -0.05) is 11.2 Å². The van der Waals surface area contributed by atoms with Crippen LogP contribution in [0.5, 0.6) is 0 Å². The van der Waals surface area contributed by atoms with Crippen molar-refractivity contribution in [3.05, 3.63) is 29.6 Å². The molecule has 5 heteroatoms. The average molecular weight is 274 g/mol. The number of hydrogen-bond donors (Lipinski definition) is 3. The summed E-state index contributed by atoms with van der Waals surface area (Å²) in [6, 6.07) is 3.85. The predicted molar refractivity (Wildman–Crippen MR) is 77.4 cm³/mol. The Kier molecular flexibility index (Phi) is 3.87. The van der Waals surface area contributed by atoms with Gasteiger partial charge in [-0.3, -0.25) is 4.98 Å². The Morgan fingerprint density at radius 1 is 1.40 bits per heavy atom. The average Bonchev–Trinajstić information content (AvgIpc) is 3.36. The molecule has 2 aliphatic rings. The topological polar surface area (TPSA) is 83.5 Å². The summed E-state index contributed by atoms with van der Waals surface area (Å²) < 4.78 is 0. The molecule has 0 atom stereocenters. The zero-order valence-electron chi connectivity index (χ0n) is 11.6. The van der Waals surface area contributed by atoms with Gasteiger partial charge in [0.2, 0.25) is 0 Å². The van der Waals surface area contributed by atoms with Crippen LogP contribution in [0.4, 0.5) is 0 Å². The zero-order chi connectivity index (χ0) is 13.9. The second kappa shape index (κ2) is 5.79. The van der Waals surface area contributed by atoms with Gasteiger partial charge < -0.3 is 16.3 Å². The fourth-order valence-corrected chi connectivity index (χ4v) is 3.00. The highest BCUT2D eigenvalue weighted by Gasteiger charge is 2.40. The van der Waals surface area contributed by atoms with Gasteiger partial charge in [0, 0.05) is 12.7 Å². The van der Waals surface area contributed by atoms with E-state index < -0.39 is 0 Å². The van der Waals surface area contributed by atoms with E-state index in [1.165, 1.54) is 25.7 Å². The first-order valence-electron chi connectivity index (χ1n) is 7.42. The number of hydrogen-bond acceptors (Lipinski definition) is 4. The van der Waals surface area contributed by atoms with E-state index in [0.29, 0.717) is 5.69 Å². The van der Waals surface area contributed by atoms with E-state index in [1.54, 1.807) is 6.20 Å². The van der Waals surface area contributed by atoms with Crippen molar-refractivity contribution >= 4 is 5.84 Å². The van der Waals surface area contributed by atoms with Crippen LogP contribution in [0, 0.1) is 17.8 Å². The van der Waals surface area contributed by atoms with E-state index >= 15 is 0 Å². The number of rotatable bonds is 7. The van der Waals surface area contributed by atoms with Gasteiger partial charge in [0.05, 0.1) is 0 Å². The highest BCUT2D eigenvalue weighted by Crippen LogP contribution is 2.48. The molecule has 2 saturated carbocycles. The molecule has 0 aromatic carbocycles. The van der Waals surface area contributed by atoms with Crippen LogP contribution in [-0.4, -0.2) is 22.6 Å². The normalized spacial score (nSPS) is 19.6. The Bertz CT molecular complexity index is 482. The van der Waals surface area contributed by atoms with Gasteiger partial charge in [-0.15, -0.1) is 0 Å². The van der Waals surface area contributed by atoms with E-state index in [2.05, 4.69) is 15.5 Å². The van der Waals surface area contributed by atoms with Crippen molar-refractivity contribution in [2.45, 2.75) is 32.2 Å². The van der Waals surface area contributed by atoms with Crippen molar-refractivity contribution in [1.82, 2.24) is 10.3 Å². The molecular formula is C15H22N4O. The summed E-state index contributed by atoms with van der Waals surface area (Å²) in [5, 5.41) is 15.4. The number of nitrogens with one attached hydrogen (secondary N) is 1. The summed E-state index contributed by atoms with van der Waals surface area (Å²) in [4.78, 5) is 4.19. The number of nitrogens with two attached hydrogens (primary N) is 1. The van der Waals surface area contributed by atoms with Crippen LogP contribution < -0.4 is 11.1 Å². The summed E-state index contributed by atoms with van der Waals surface area (Å²) >= 11 is 0. The molecule has 0 bridgehead atoms. The first-order valence-corrected chi connectivity index (χ1v) is 7.42. The molecule has 4 N–H and O–H groups in total. The van der Waals surface area contributed by atoms with Gasteiger partial charge in [-0.05, 0) is 61.6 Å². The summed E-state index contributed by atoms with van der Waals surface area (Å²) in [7, 11) is 0. The standard InChI is InChI=1S/C15H22N4O/c16-15(19-20)14-12(2-1-7-18-14)8-17-9-13(10-3-4-10)11-5-6-11/h1-2,7,10-11,13,17,20H,3-6,8-9H2,(H2,16,19). The van der Waals surface area contributed by atoms with Crippen molar-refractivity contribution < 1.29 is 5.21 Å². The van der Waals surface area contributed by atoms with Crippen molar-refractivity contribution in [2.24, 2.45) is 28.6 Å². The van der Waals surface area contributed by atoms with Crippen LogP contribution in [0.25, 0.3) is 0 Å². The SMILES string of the molecule is NC(=NO)c1ncccc1CNCC(C1CC1)C1CC1. The van der Waals surface area contributed by atoms with Gasteiger partial charge in [0.1, 0.15) is 5.69 Å². The van der Waals surface area contributed by atoms with E-state index in [1.807, 2.05) is 12.1 Å². The quantitative estimate of drug-likeness (QED) is 0.306. The minimum absolute atomic E-state index is 0.0725.